The van der Waals surface area contributed by atoms with Crippen molar-refractivity contribution in [3.63, 3.8) is 0 Å². The van der Waals surface area contributed by atoms with Crippen LogP contribution < -0.4 is 4.89 Å². The third-order valence-corrected chi connectivity index (χ3v) is 1.71. The molecule has 0 bridgehead atoms. The van der Waals surface area contributed by atoms with E-state index >= 15 is 0 Å². The normalized spacial score (nSPS) is 10.6. The Labute approximate surface area is 104 Å². The molecule has 1 aromatic rings. The van der Waals surface area contributed by atoms with E-state index in [1.807, 2.05) is 0 Å². The van der Waals surface area contributed by atoms with Gasteiger partial charge < -0.3 is 9.84 Å². The topological polar surface area (TPSA) is 82.1 Å². The van der Waals surface area contributed by atoms with E-state index in [1.165, 1.54) is 12.1 Å². The number of carboxylic acid groups (broad SMARTS) is 1. The van der Waals surface area contributed by atoms with Crippen molar-refractivity contribution in [3.05, 3.63) is 29.8 Å². The lowest BCUT2D eigenvalue weighted by molar-refractivity contribution is -0.161. The zero-order valence-electron chi connectivity index (χ0n) is 10.3. The standard InChI is InChI=1S/C12H14O6/c1-12(2,3)16-10(13)8-6-4-5-7-9(8)17-18-11(14)15/h4-7H,1-3H3,(H,14,15). The summed E-state index contributed by atoms with van der Waals surface area (Å²) in [6, 6.07) is 6.04. The number of para-hydroxylation sites is 1. The molecule has 0 aliphatic carbocycles. The van der Waals surface area contributed by atoms with Crippen LogP contribution in [0.5, 0.6) is 5.75 Å². The highest BCUT2D eigenvalue weighted by Crippen LogP contribution is 2.21. The summed E-state index contributed by atoms with van der Waals surface area (Å²) in [5.41, 5.74) is -0.564. The molecule has 0 saturated carbocycles. The second-order valence-corrected chi connectivity index (χ2v) is 4.43. The summed E-state index contributed by atoms with van der Waals surface area (Å²) < 4.78 is 5.15. The Kier molecular flexibility index (Phi) is 4.14. The molecule has 1 rings (SSSR count). The Balaban J connectivity index is 2.87. The lowest BCUT2D eigenvalue weighted by atomic mass is 10.1. The minimum absolute atomic E-state index is 0.0193. The summed E-state index contributed by atoms with van der Waals surface area (Å²) in [5.74, 6) is -0.638. The maximum absolute atomic E-state index is 11.8. The molecular formula is C12H14O6. The van der Waals surface area contributed by atoms with Crippen molar-refractivity contribution in [2.75, 3.05) is 0 Å². The molecule has 0 heterocycles. The van der Waals surface area contributed by atoms with Crippen LogP contribution >= 0.6 is 0 Å². The first-order chi connectivity index (χ1) is 8.29. The van der Waals surface area contributed by atoms with Gasteiger partial charge in [-0.3, -0.25) is 4.89 Å². The molecule has 0 aliphatic heterocycles. The quantitative estimate of drug-likeness (QED) is 0.507. The van der Waals surface area contributed by atoms with Crippen molar-refractivity contribution in [2.24, 2.45) is 0 Å². The second kappa shape index (κ2) is 5.39. The highest BCUT2D eigenvalue weighted by atomic mass is 17.2. The molecule has 0 fully saturated rings. The van der Waals surface area contributed by atoms with Gasteiger partial charge in [0, 0.05) is 0 Å². The number of carbonyl (C=O) groups excluding carboxylic acids is 1. The molecule has 6 nitrogen and oxygen atoms in total. The van der Waals surface area contributed by atoms with E-state index in [2.05, 4.69) is 9.78 Å². The fraction of sp³-hybridized carbons (Fsp3) is 0.333. The number of benzene rings is 1. The molecular weight excluding hydrogens is 240 g/mol. The van der Waals surface area contributed by atoms with Crippen molar-refractivity contribution in [2.45, 2.75) is 26.4 Å². The van der Waals surface area contributed by atoms with Crippen LogP contribution in [0.2, 0.25) is 0 Å². The molecule has 1 N–H and O–H groups in total. The van der Waals surface area contributed by atoms with Gasteiger partial charge in [-0.1, -0.05) is 12.1 Å². The third-order valence-electron chi connectivity index (χ3n) is 1.71. The van der Waals surface area contributed by atoms with Crippen LogP contribution in [0.25, 0.3) is 0 Å². The molecule has 0 atom stereocenters. The van der Waals surface area contributed by atoms with Crippen molar-refractivity contribution in [1.29, 1.82) is 0 Å². The molecule has 0 radical (unpaired) electrons. The maximum Gasteiger partial charge on any atom is 0.547 e. The average Bonchev–Trinajstić information content (AvgIpc) is 2.24. The van der Waals surface area contributed by atoms with Gasteiger partial charge in [0.15, 0.2) is 5.75 Å². The van der Waals surface area contributed by atoms with Gasteiger partial charge in [-0.25, -0.2) is 14.5 Å². The molecule has 1 aromatic carbocycles. The van der Waals surface area contributed by atoms with Crippen LogP contribution in [0, 0.1) is 0 Å². The van der Waals surface area contributed by atoms with Gasteiger partial charge in [0.2, 0.25) is 0 Å². The zero-order chi connectivity index (χ0) is 13.8. The van der Waals surface area contributed by atoms with Gasteiger partial charge in [-0.2, -0.15) is 0 Å². The third kappa shape index (κ3) is 4.32. The molecule has 0 saturated heterocycles. The Morgan fingerprint density at radius 2 is 1.78 bits per heavy atom. The number of hydrogen-bond donors (Lipinski definition) is 1. The van der Waals surface area contributed by atoms with Crippen LogP contribution in [-0.2, 0) is 9.62 Å². The first-order valence-electron chi connectivity index (χ1n) is 5.19. The Morgan fingerprint density at radius 3 is 2.33 bits per heavy atom. The van der Waals surface area contributed by atoms with Crippen molar-refractivity contribution >= 4 is 12.1 Å². The van der Waals surface area contributed by atoms with Gasteiger partial charge >= 0.3 is 12.1 Å². The van der Waals surface area contributed by atoms with E-state index in [0.29, 0.717) is 0 Å². The molecule has 0 amide bonds. The Morgan fingerprint density at radius 1 is 1.17 bits per heavy atom. The fourth-order valence-electron chi connectivity index (χ4n) is 1.12. The van der Waals surface area contributed by atoms with Gasteiger partial charge in [0.25, 0.3) is 0 Å². The van der Waals surface area contributed by atoms with E-state index in [1.54, 1.807) is 32.9 Å². The number of ether oxygens (including phenoxy) is 1. The van der Waals surface area contributed by atoms with Crippen molar-refractivity contribution < 1.29 is 29.2 Å². The maximum atomic E-state index is 11.8. The number of rotatable bonds is 3. The molecule has 0 aromatic heterocycles. The van der Waals surface area contributed by atoms with Crippen LogP contribution in [0.3, 0.4) is 0 Å². The summed E-state index contributed by atoms with van der Waals surface area (Å²) in [4.78, 5) is 30.5. The van der Waals surface area contributed by atoms with Crippen LogP contribution in [0.15, 0.2) is 24.3 Å². The first kappa shape index (κ1) is 13.8. The lowest BCUT2D eigenvalue weighted by Crippen LogP contribution is -2.24. The molecule has 0 aliphatic rings. The van der Waals surface area contributed by atoms with E-state index < -0.39 is 17.7 Å². The van der Waals surface area contributed by atoms with Gasteiger partial charge in [-0.05, 0) is 32.9 Å². The van der Waals surface area contributed by atoms with Gasteiger partial charge in [-0.15, -0.1) is 0 Å². The van der Waals surface area contributed by atoms with E-state index in [4.69, 9.17) is 9.84 Å². The van der Waals surface area contributed by atoms with Crippen LogP contribution in [-0.4, -0.2) is 22.8 Å². The second-order valence-electron chi connectivity index (χ2n) is 4.43. The minimum Gasteiger partial charge on any atom is -0.456 e. The highest BCUT2D eigenvalue weighted by molar-refractivity contribution is 5.92. The smallest absolute Gasteiger partial charge is 0.456 e. The van der Waals surface area contributed by atoms with Crippen LogP contribution in [0.4, 0.5) is 4.79 Å². The molecule has 98 valence electrons. The average molecular weight is 254 g/mol. The predicted octanol–water partition coefficient (Wildman–Crippen LogP) is 2.63. The number of carbonyl (C=O) groups is 2. The predicted molar refractivity (Wildman–Crippen MR) is 61.3 cm³/mol. The van der Waals surface area contributed by atoms with E-state index in [-0.39, 0.29) is 11.3 Å². The Bertz CT molecular complexity index is 446. The van der Waals surface area contributed by atoms with E-state index in [0.717, 1.165) is 0 Å². The number of hydrogen-bond acceptors (Lipinski definition) is 5. The van der Waals surface area contributed by atoms with Crippen molar-refractivity contribution in [3.8, 4) is 5.75 Å². The summed E-state index contributed by atoms with van der Waals surface area (Å²) in [6.45, 7) is 5.17. The summed E-state index contributed by atoms with van der Waals surface area (Å²) in [6.07, 6.45) is -1.60. The first-order valence-corrected chi connectivity index (χ1v) is 5.19. The van der Waals surface area contributed by atoms with Gasteiger partial charge in [0.1, 0.15) is 11.2 Å². The summed E-state index contributed by atoms with van der Waals surface area (Å²) in [5, 5.41) is 8.33. The van der Waals surface area contributed by atoms with Crippen molar-refractivity contribution in [1.82, 2.24) is 0 Å². The Hall–Kier alpha value is -2.24. The number of esters is 1. The van der Waals surface area contributed by atoms with Crippen LogP contribution in [0.1, 0.15) is 31.1 Å². The highest BCUT2D eigenvalue weighted by Gasteiger charge is 2.21. The molecule has 0 spiro atoms. The fourth-order valence-corrected chi connectivity index (χ4v) is 1.12. The largest absolute Gasteiger partial charge is 0.547 e. The zero-order valence-corrected chi connectivity index (χ0v) is 10.3. The molecule has 6 heteroatoms. The van der Waals surface area contributed by atoms with Gasteiger partial charge in [0.05, 0.1) is 0 Å². The summed E-state index contributed by atoms with van der Waals surface area (Å²) in [7, 11) is 0. The lowest BCUT2D eigenvalue weighted by Gasteiger charge is -2.19. The van der Waals surface area contributed by atoms with E-state index in [9.17, 15) is 9.59 Å². The SMILES string of the molecule is CC(C)(C)OC(=O)c1ccccc1OOC(=O)O. The monoisotopic (exact) mass is 254 g/mol. The summed E-state index contributed by atoms with van der Waals surface area (Å²) >= 11 is 0. The minimum atomic E-state index is -1.60. The molecule has 18 heavy (non-hydrogen) atoms. The molecule has 0 unspecified atom stereocenters.